The largest absolute Gasteiger partial charge is 0.325 e. The Morgan fingerprint density at radius 3 is 2.52 bits per heavy atom. The number of carbonyl (C=O) groups is 1. The first-order chi connectivity index (χ1) is 12.8. The standard InChI is InChI=1S/C17H22N4O3S3/c1-12-7-13(2)9-21(8-12)27(23,24)15-5-3-14(4-6-15)19-16(22)10-25-17-20-18-11-26-17/h3-6,11-13H,7-10H2,1-2H3,(H,19,22). The molecule has 0 spiro atoms. The number of piperidine rings is 1. The van der Waals surface area contributed by atoms with Gasteiger partial charge < -0.3 is 5.32 Å². The van der Waals surface area contributed by atoms with Crippen molar-refractivity contribution in [2.24, 2.45) is 11.8 Å². The number of aromatic nitrogens is 2. The van der Waals surface area contributed by atoms with Crippen LogP contribution in [-0.2, 0) is 14.8 Å². The van der Waals surface area contributed by atoms with Gasteiger partial charge in [0.1, 0.15) is 5.51 Å². The highest BCUT2D eigenvalue weighted by Gasteiger charge is 2.31. The van der Waals surface area contributed by atoms with Crippen LogP contribution in [0.15, 0.2) is 39.0 Å². The van der Waals surface area contributed by atoms with Gasteiger partial charge >= 0.3 is 0 Å². The molecule has 27 heavy (non-hydrogen) atoms. The van der Waals surface area contributed by atoms with E-state index in [2.05, 4.69) is 29.4 Å². The van der Waals surface area contributed by atoms with Crippen LogP contribution >= 0.6 is 23.1 Å². The molecule has 0 radical (unpaired) electrons. The molecule has 1 amide bonds. The van der Waals surface area contributed by atoms with E-state index in [9.17, 15) is 13.2 Å². The average molecular weight is 427 g/mol. The second kappa shape index (κ2) is 8.68. The zero-order chi connectivity index (χ0) is 19.4. The predicted molar refractivity (Wildman–Crippen MR) is 107 cm³/mol. The average Bonchev–Trinajstić information content (AvgIpc) is 3.13. The number of sulfonamides is 1. The smallest absolute Gasteiger partial charge is 0.243 e. The van der Waals surface area contributed by atoms with E-state index in [1.165, 1.54) is 23.1 Å². The van der Waals surface area contributed by atoms with Crippen LogP contribution in [-0.4, -0.2) is 47.7 Å². The Hall–Kier alpha value is -1.49. The van der Waals surface area contributed by atoms with E-state index in [1.54, 1.807) is 34.1 Å². The molecule has 0 aliphatic carbocycles. The van der Waals surface area contributed by atoms with Crippen molar-refractivity contribution in [3.05, 3.63) is 29.8 Å². The van der Waals surface area contributed by atoms with Gasteiger partial charge in [0.25, 0.3) is 0 Å². The number of hydrogen-bond acceptors (Lipinski definition) is 7. The molecule has 1 N–H and O–H groups in total. The molecule has 1 aromatic heterocycles. The molecule has 2 atom stereocenters. The summed E-state index contributed by atoms with van der Waals surface area (Å²) in [4.78, 5) is 12.3. The summed E-state index contributed by atoms with van der Waals surface area (Å²) in [5, 5.41) is 10.4. The lowest BCUT2D eigenvalue weighted by Gasteiger charge is -2.34. The SMILES string of the molecule is CC1CC(C)CN(S(=O)(=O)c2ccc(NC(=O)CSc3nncs3)cc2)C1. The maximum atomic E-state index is 12.9. The normalized spacial score (nSPS) is 21.1. The summed E-state index contributed by atoms with van der Waals surface area (Å²) in [6.45, 7) is 5.26. The lowest BCUT2D eigenvalue weighted by Crippen LogP contribution is -2.42. The zero-order valence-corrected chi connectivity index (χ0v) is 17.6. The number of carbonyl (C=O) groups excluding carboxylic acids is 1. The number of rotatable bonds is 6. The molecule has 7 nitrogen and oxygen atoms in total. The zero-order valence-electron chi connectivity index (χ0n) is 15.2. The van der Waals surface area contributed by atoms with Crippen LogP contribution in [0.2, 0.25) is 0 Å². The molecule has 146 valence electrons. The lowest BCUT2D eigenvalue weighted by atomic mass is 9.94. The molecule has 2 unspecified atom stereocenters. The van der Waals surface area contributed by atoms with Gasteiger partial charge in [-0.15, -0.1) is 10.2 Å². The Bertz CT molecular complexity index is 859. The monoisotopic (exact) mass is 426 g/mol. The summed E-state index contributed by atoms with van der Waals surface area (Å²) in [6, 6.07) is 6.34. The molecule has 0 bridgehead atoms. The van der Waals surface area contributed by atoms with Crippen LogP contribution in [0.3, 0.4) is 0 Å². The van der Waals surface area contributed by atoms with Gasteiger partial charge in [-0.2, -0.15) is 4.31 Å². The van der Waals surface area contributed by atoms with Crippen LogP contribution in [0.1, 0.15) is 20.3 Å². The summed E-state index contributed by atoms with van der Waals surface area (Å²) >= 11 is 2.69. The number of hydrogen-bond donors (Lipinski definition) is 1. The highest BCUT2D eigenvalue weighted by Crippen LogP contribution is 2.27. The van der Waals surface area contributed by atoms with Crippen LogP contribution < -0.4 is 5.32 Å². The molecular formula is C17H22N4O3S3. The Morgan fingerprint density at radius 1 is 1.26 bits per heavy atom. The molecule has 10 heteroatoms. The predicted octanol–water partition coefficient (Wildman–Crippen LogP) is 2.94. The molecule has 3 rings (SSSR count). The summed E-state index contributed by atoms with van der Waals surface area (Å²) in [7, 11) is -3.51. The minimum Gasteiger partial charge on any atom is -0.325 e. The molecule has 0 saturated carbocycles. The number of anilines is 1. The van der Waals surface area contributed by atoms with Gasteiger partial charge in [-0.05, 0) is 42.5 Å². The van der Waals surface area contributed by atoms with Crippen LogP contribution in [0.4, 0.5) is 5.69 Å². The van der Waals surface area contributed by atoms with E-state index in [4.69, 9.17) is 0 Å². The van der Waals surface area contributed by atoms with E-state index < -0.39 is 10.0 Å². The van der Waals surface area contributed by atoms with E-state index in [1.807, 2.05) is 0 Å². The third-order valence-electron chi connectivity index (χ3n) is 4.28. The second-order valence-corrected chi connectivity index (χ2v) is 10.8. The number of amides is 1. The summed E-state index contributed by atoms with van der Waals surface area (Å²) < 4.78 is 28.0. The van der Waals surface area contributed by atoms with Gasteiger partial charge in [-0.25, -0.2) is 8.42 Å². The molecule has 2 aromatic rings. The van der Waals surface area contributed by atoms with Crippen molar-refractivity contribution in [2.75, 3.05) is 24.2 Å². The van der Waals surface area contributed by atoms with E-state index in [0.29, 0.717) is 30.6 Å². The maximum Gasteiger partial charge on any atom is 0.243 e. The first-order valence-corrected chi connectivity index (χ1v) is 11.9. The van der Waals surface area contributed by atoms with Gasteiger partial charge in [-0.1, -0.05) is 36.9 Å². The fourth-order valence-electron chi connectivity index (χ4n) is 3.21. The van der Waals surface area contributed by atoms with E-state index >= 15 is 0 Å². The molecule has 1 aliphatic heterocycles. The van der Waals surface area contributed by atoms with Crippen molar-refractivity contribution in [2.45, 2.75) is 29.5 Å². The fraction of sp³-hybridized carbons (Fsp3) is 0.471. The molecule has 1 aromatic carbocycles. The number of benzene rings is 1. The summed E-state index contributed by atoms with van der Waals surface area (Å²) in [5.41, 5.74) is 2.18. The summed E-state index contributed by atoms with van der Waals surface area (Å²) in [6.07, 6.45) is 1.05. The van der Waals surface area contributed by atoms with Gasteiger partial charge in [0, 0.05) is 18.8 Å². The highest BCUT2D eigenvalue weighted by atomic mass is 32.2. The van der Waals surface area contributed by atoms with Crippen molar-refractivity contribution in [1.29, 1.82) is 0 Å². The van der Waals surface area contributed by atoms with E-state index in [0.717, 1.165) is 10.8 Å². The first kappa shape index (κ1) is 20.2. The molecule has 2 heterocycles. The third-order valence-corrected chi connectivity index (χ3v) is 7.98. The number of nitrogens with zero attached hydrogens (tertiary/aromatic N) is 3. The van der Waals surface area contributed by atoms with Crippen LogP contribution in [0, 0.1) is 11.8 Å². The van der Waals surface area contributed by atoms with Crippen LogP contribution in [0.25, 0.3) is 0 Å². The fourth-order valence-corrected chi connectivity index (χ4v) is 6.18. The van der Waals surface area contributed by atoms with Gasteiger partial charge in [0.15, 0.2) is 4.34 Å². The Morgan fingerprint density at radius 2 is 1.93 bits per heavy atom. The minimum atomic E-state index is -3.51. The van der Waals surface area contributed by atoms with Crippen molar-refractivity contribution < 1.29 is 13.2 Å². The van der Waals surface area contributed by atoms with Crippen molar-refractivity contribution in [3.8, 4) is 0 Å². The molecule has 1 saturated heterocycles. The quantitative estimate of drug-likeness (QED) is 0.714. The Kier molecular flexibility index (Phi) is 6.51. The third kappa shape index (κ3) is 5.28. The van der Waals surface area contributed by atoms with Gasteiger partial charge in [-0.3, -0.25) is 4.79 Å². The topological polar surface area (TPSA) is 92.3 Å². The number of nitrogens with one attached hydrogen (secondary N) is 1. The maximum absolute atomic E-state index is 12.9. The highest BCUT2D eigenvalue weighted by molar-refractivity contribution is 8.01. The second-order valence-electron chi connectivity index (χ2n) is 6.83. The Balaban J connectivity index is 1.61. The van der Waals surface area contributed by atoms with Crippen molar-refractivity contribution in [3.63, 3.8) is 0 Å². The van der Waals surface area contributed by atoms with Crippen LogP contribution in [0.5, 0.6) is 0 Å². The first-order valence-electron chi connectivity index (χ1n) is 8.63. The number of thioether (sulfide) groups is 1. The molecular weight excluding hydrogens is 404 g/mol. The molecule has 1 aliphatic rings. The van der Waals surface area contributed by atoms with Crippen molar-refractivity contribution in [1.82, 2.24) is 14.5 Å². The van der Waals surface area contributed by atoms with Gasteiger partial charge in [0.2, 0.25) is 15.9 Å². The van der Waals surface area contributed by atoms with Gasteiger partial charge in [0.05, 0.1) is 10.6 Å². The molecule has 1 fully saturated rings. The van der Waals surface area contributed by atoms with Crippen molar-refractivity contribution >= 4 is 44.7 Å². The summed E-state index contributed by atoms with van der Waals surface area (Å²) in [5.74, 6) is 0.753. The lowest BCUT2D eigenvalue weighted by molar-refractivity contribution is -0.113. The Labute approximate surface area is 167 Å². The minimum absolute atomic E-state index is 0.176. The van der Waals surface area contributed by atoms with E-state index in [-0.39, 0.29) is 16.6 Å².